The number of hydrogen-bond donors (Lipinski definition) is 1. The highest BCUT2D eigenvalue weighted by Crippen LogP contribution is 2.36. The molecule has 0 saturated heterocycles. The number of primary sulfonamides is 1. The van der Waals surface area contributed by atoms with Crippen molar-refractivity contribution in [2.45, 2.75) is 30.5 Å². The predicted octanol–water partition coefficient (Wildman–Crippen LogP) is 3.48. The molecular weight excluding hydrogens is 361 g/mol. The van der Waals surface area contributed by atoms with Gasteiger partial charge in [-0.3, -0.25) is 0 Å². The van der Waals surface area contributed by atoms with Crippen molar-refractivity contribution in [1.29, 1.82) is 0 Å². The smallest absolute Gasteiger partial charge is 0.372 e. The third-order valence-corrected chi connectivity index (χ3v) is 5.59. The van der Waals surface area contributed by atoms with Crippen LogP contribution >= 0.6 is 11.3 Å². The van der Waals surface area contributed by atoms with Crippen LogP contribution in [0.5, 0.6) is 0 Å². The summed E-state index contributed by atoms with van der Waals surface area (Å²) in [6.07, 6.45) is -4.14. The molecule has 0 spiro atoms. The molecule has 2 aromatic rings. The van der Waals surface area contributed by atoms with E-state index in [1.54, 1.807) is 23.3 Å². The summed E-state index contributed by atoms with van der Waals surface area (Å²) in [5.74, 6) is 0. The lowest BCUT2D eigenvalue weighted by molar-refractivity contribution is -0.139. The van der Waals surface area contributed by atoms with Crippen molar-refractivity contribution in [2.75, 3.05) is 11.9 Å². The maximum absolute atomic E-state index is 13.2. The van der Waals surface area contributed by atoms with Gasteiger partial charge in [-0.2, -0.15) is 13.2 Å². The molecule has 0 bridgehead atoms. The van der Waals surface area contributed by atoms with Gasteiger partial charge in [0.25, 0.3) is 0 Å². The van der Waals surface area contributed by atoms with Gasteiger partial charge in [-0.25, -0.2) is 13.6 Å². The van der Waals surface area contributed by atoms with E-state index in [1.165, 1.54) is 6.07 Å². The number of anilines is 1. The number of rotatable bonds is 5. The third-order valence-electron chi connectivity index (χ3n) is 3.72. The molecule has 4 nitrogen and oxygen atoms in total. The van der Waals surface area contributed by atoms with Gasteiger partial charge >= 0.3 is 6.18 Å². The quantitative estimate of drug-likeness (QED) is 0.866. The Morgan fingerprint density at radius 2 is 1.96 bits per heavy atom. The predicted molar refractivity (Wildman–Crippen MR) is 88.7 cm³/mol. The fourth-order valence-electron chi connectivity index (χ4n) is 2.32. The summed E-state index contributed by atoms with van der Waals surface area (Å²) >= 11 is 1.57. The zero-order chi connectivity index (χ0) is 18.1. The number of thiophene rings is 1. The van der Waals surface area contributed by atoms with Gasteiger partial charge < -0.3 is 4.90 Å². The van der Waals surface area contributed by atoms with Crippen LogP contribution in [-0.2, 0) is 22.6 Å². The van der Waals surface area contributed by atoms with E-state index in [1.807, 2.05) is 24.4 Å². The normalized spacial score (nSPS) is 13.8. The maximum atomic E-state index is 13.2. The van der Waals surface area contributed by atoms with Gasteiger partial charge in [0.05, 0.1) is 10.5 Å². The van der Waals surface area contributed by atoms with Gasteiger partial charge in [-0.1, -0.05) is 6.07 Å². The Bertz CT molecular complexity index is 803. The van der Waals surface area contributed by atoms with Crippen LogP contribution in [0.15, 0.2) is 40.6 Å². The fourth-order valence-corrected chi connectivity index (χ4v) is 3.88. The van der Waals surface area contributed by atoms with E-state index in [0.29, 0.717) is 6.42 Å². The maximum Gasteiger partial charge on any atom is 0.417 e. The minimum absolute atomic E-state index is 0.0648. The summed E-state index contributed by atoms with van der Waals surface area (Å²) in [4.78, 5) is 1.88. The average molecular weight is 378 g/mol. The molecule has 0 aliphatic heterocycles. The van der Waals surface area contributed by atoms with Crippen molar-refractivity contribution in [3.05, 3.63) is 46.2 Å². The Balaban J connectivity index is 2.37. The van der Waals surface area contributed by atoms with E-state index in [9.17, 15) is 21.6 Å². The summed E-state index contributed by atoms with van der Waals surface area (Å²) in [6, 6.07) is 6.87. The average Bonchev–Trinajstić information content (AvgIpc) is 2.96. The van der Waals surface area contributed by atoms with E-state index in [-0.39, 0.29) is 11.7 Å². The van der Waals surface area contributed by atoms with Gasteiger partial charge in [0.15, 0.2) is 0 Å². The van der Waals surface area contributed by atoms with Gasteiger partial charge in [-0.15, -0.1) is 11.3 Å². The largest absolute Gasteiger partial charge is 0.417 e. The molecule has 24 heavy (non-hydrogen) atoms. The number of nitrogens with zero attached hydrogens (tertiary/aromatic N) is 1. The third kappa shape index (κ3) is 4.28. The number of alkyl halides is 3. The Kier molecular flexibility index (Phi) is 5.26. The first-order valence-corrected chi connectivity index (χ1v) is 9.42. The first-order valence-electron chi connectivity index (χ1n) is 6.99. The van der Waals surface area contributed by atoms with Crippen LogP contribution in [0, 0.1) is 0 Å². The molecular formula is C15H17F3N2O2S2. The number of hydrogen-bond acceptors (Lipinski definition) is 4. The highest BCUT2D eigenvalue weighted by Gasteiger charge is 2.37. The summed E-state index contributed by atoms with van der Waals surface area (Å²) in [7, 11) is -2.79. The SMILES string of the molecule is CC(Cc1cccs1)N(C)c1ccc(S(N)(=O)=O)c(C(F)(F)F)c1. The van der Waals surface area contributed by atoms with E-state index in [0.717, 1.165) is 17.0 Å². The van der Waals surface area contributed by atoms with Gasteiger partial charge in [0.1, 0.15) is 0 Å². The van der Waals surface area contributed by atoms with Crippen molar-refractivity contribution < 1.29 is 21.6 Å². The molecule has 0 saturated carbocycles. The lowest BCUT2D eigenvalue weighted by Crippen LogP contribution is -2.31. The zero-order valence-electron chi connectivity index (χ0n) is 13.0. The lowest BCUT2D eigenvalue weighted by atomic mass is 10.1. The van der Waals surface area contributed by atoms with E-state index >= 15 is 0 Å². The minimum Gasteiger partial charge on any atom is -0.372 e. The second-order valence-electron chi connectivity index (χ2n) is 5.47. The van der Waals surface area contributed by atoms with Gasteiger partial charge in [0, 0.05) is 30.1 Å². The standard InChI is InChI=1S/C15H17F3N2O2S2/c1-10(8-12-4-3-7-23-12)20(2)11-5-6-14(24(19,21)22)13(9-11)15(16,17)18/h3-7,9-10H,8H2,1-2H3,(H2,19,21,22). The number of sulfonamides is 1. The van der Waals surface area contributed by atoms with Crippen LogP contribution in [0.2, 0.25) is 0 Å². The molecule has 9 heteroatoms. The topological polar surface area (TPSA) is 63.4 Å². The molecule has 1 unspecified atom stereocenters. The Morgan fingerprint density at radius 1 is 1.29 bits per heavy atom. The van der Waals surface area contributed by atoms with E-state index in [2.05, 4.69) is 0 Å². The fraction of sp³-hybridized carbons (Fsp3) is 0.333. The lowest BCUT2D eigenvalue weighted by Gasteiger charge is -2.28. The molecule has 0 radical (unpaired) electrons. The van der Waals surface area contributed by atoms with Crippen LogP contribution in [0.4, 0.5) is 18.9 Å². The molecule has 1 aromatic heterocycles. The zero-order valence-corrected chi connectivity index (χ0v) is 14.7. The van der Waals surface area contributed by atoms with Crippen molar-refractivity contribution in [3.63, 3.8) is 0 Å². The molecule has 1 atom stereocenters. The van der Waals surface area contributed by atoms with Crippen LogP contribution < -0.4 is 10.0 Å². The number of likely N-dealkylation sites (N-methyl/N-ethyl adjacent to an activating group) is 1. The highest BCUT2D eigenvalue weighted by atomic mass is 32.2. The molecule has 2 rings (SSSR count). The molecule has 2 N–H and O–H groups in total. The van der Waals surface area contributed by atoms with Gasteiger partial charge in [-0.05, 0) is 36.6 Å². The molecule has 1 aromatic carbocycles. The first kappa shape index (κ1) is 18.8. The number of benzene rings is 1. The van der Waals surface area contributed by atoms with Crippen molar-refractivity contribution >= 4 is 27.0 Å². The Morgan fingerprint density at radius 3 is 2.46 bits per heavy atom. The molecule has 0 fully saturated rings. The number of halogens is 3. The summed E-state index contributed by atoms with van der Waals surface area (Å²) in [5.41, 5.74) is -0.976. The monoisotopic (exact) mass is 378 g/mol. The summed E-state index contributed by atoms with van der Waals surface area (Å²) in [6.45, 7) is 1.89. The molecule has 0 amide bonds. The molecule has 1 heterocycles. The van der Waals surface area contributed by atoms with Crippen molar-refractivity contribution in [3.8, 4) is 0 Å². The molecule has 132 valence electrons. The Labute approximate surface area is 142 Å². The van der Waals surface area contributed by atoms with Crippen molar-refractivity contribution in [1.82, 2.24) is 0 Å². The van der Waals surface area contributed by atoms with Crippen molar-refractivity contribution in [2.24, 2.45) is 5.14 Å². The Hall–Kier alpha value is -1.58. The van der Waals surface area contributed by atoms with Gasteiger partial charge in [0.2, 0.25) is 10.0 Å². The van der Waals surface area contributed by atoms with Crippen LogP contribution in [0.25, 0.3) is 0 Å². The second kappa shape index (κ2) is 6.73. The van der Waals surface area contributed by atoms with Crippen LogP contribution in [0.3, 0.4) is 0 Å². The summed E-state index contributed by atoms with van der Waals surface area (Å²) in [5, 5.41) is 6.83. The number of nitrogens with two attached hydrogens (primary N) is 1. The summed E-state index contributed by atoms with van der Waals surface area (Å²) < 4.78 is 62.4. The van der Waals surface area contributed by atoms with Crippen LogP contribution in [-0.4, -0.2) is 21.5 Å². The van der Waals surface area contributed by atoms with E-state index in [4.69, 9.17) is 5.14 Å². The molecule has 0 aliphatic rings. The minimum atomic E-state index is -4.81. The second-order valence-corrected chi connectivity index (χ2v) is 8.03. The van der Waals surface area contributed by atoms with Crippen LogP contribution in [0.1, 0.15) is 17.4 Å². The molecule has 0 aliphatic carbocycles. The highest BCUT2D eigenvalue weighted by molar-refractivity contribution is 7.89. The first-order chi connectivity index (χ1) is 11.0. The van der Waals surface area contributed by atoms with E-state index < -0.39 is 26.7 Å².